The normalized spacial score (nSPS) is 15.5. The van der Waals surface area contributed by atoms with Crippen molar-refractivity contribution in [1.82, 2.24) is 15.5 Å². The van der Waals surface area contributed by atoms with Crippen LogP contribution < -0.4 is 21.1 Å². The first-order chi connectivity index (χ1) is 16.3. The van der Waals surface area contributed by atoms with Crippen LogP contribution in [0.15, 0.2) is 36.4 Å². The number of nitrogen functional groups attached to an aromatic ring is 1. The van der Waals surface area contributed by atoms with Crippen molar-refractivity contribution in [1.29, 1.82) is 0 Å². The zero-order valence-corrected chi connectivity index (χ0v) is 20.5. The fourth-order valence-corrected chi connectivity index (χ4v) is 4.43. The van der Waals surface area contributed by atoms with Crippen molar-refractivity contribution in [3.8, 4) is 5.75 Å². The average Bonchev–Trinajstić information content (AvgIpc) is 2.82. The Balaban J connectivity index is 1.47. The van der Waals surface area contributed by atoms with E-state index in [0.717, 1.165) is 38.0 Å². The van der Waals surface area contributed by atoms with Crippen LogP contribution in [-0.4, -0.2) is 55.3 Å². The number of nitrogens with two attached hydrogens (primary N) is 1. The van der Waals surface area contributed by atoms with Gasteiger partial charge in [-0.2, -0.15) is 0 Å². The Hall–Kier alpha value is -2.68. The zero-order valence-electron chi connectivity index (χ0n) is 19.0. The Kier molecular flexibility index (Phi) is 9.27. The first-order valence-corrected chi connectivity index (χ1v) is 11.9. The zero-order chi connectivity index (χ0) is 24.7. The maximum Gasteiger partial charge on any atom is 0.405 e. The average molecular weight is 509 g/mol. The minimum atomic E-state index is -1.05. The Bertz CT molecular complexity index is 995. The number of methoxy groups -OCH3 is 1. The molecule has 2 aromatic carbocycles. The molecule has 34 heavy (non-hydrogen) atoms. The van der Waals surface area contributed by atoms with Gasteiger partial charge in [-0.05, 0) is 62.0 Å². The van der Waals surface area contributed by atoms with E-state index in [9.17, 15) is 14.7 Å². The van der Waals surface area contributed by atoms with Gasteiger partial charge in [-0.1, -0.05) is 35.3 Å². The van der Waals surface area contributed by atoms with Crippen molar-refractivity contribution in [3.63, 3.8) is 0 Å². The molecule has 10 heteroatoms. The molecule has 0 saturated carbocycles. The fraction of sp³-hybridized carbons (Fsp3) is 0.417. The first kappa shape index (κ1) is 25.9. The van der Waals surface area contributed by atoms with Crippen molar-refractivity contribution < 1.29 is 19.4 Å². The van der Waals surface area contributed by atoms with E-state index >= 15 is 0 Å². The van der Waals surface area contributed by atoms with Crippen molar-refractivity contribution >= 4 is 40.9 Å². The molecular formula is C24H30Cl2N4O4. The Morgan fingerprint density at radius 1 is 1.21 bits per heavy atom. The second-order valence-corrected chi connectivity index (χ2v) is 9.25. The van der Waals surface area contributed by atoms with E-state index in [4.69, 9.17) is 33.7 Å². The van der Waals surface area contributed by atoms with Crippen molar-refractivity contribution in [3.05, 3.63) is 57.6 Å². The Morgan fingerprint density at radius 3 is 2.50 bits per heavy atom. The summed E-state index contributed by atoms with van der Waals surface area (Å²) in [4.78, 5) is 26.2. The molecule has 1 aliphatic heterocycles. The molecule has 0 aromatic heterocycles. The molecule has 8 nitrogen and oxygen atoms in total. The van der Waals surface area contributed by atoms with E-state index in [1.165, 1.54) is 13.2 Å². The molecule has 3 rings (SSSR count). The molecule has 184 valence electrons. The second-order valence-electron chi connectivity index (χ2n) is 8.41. The predicted molar refractivity (Wildman–Crippen MR) is 134 cm³/mol. The maximum atomic E-state index is 12.7. The SMILES string of the molecule is COc1cc(N)c(Cl)cc1C(=O)NCC1CCN(CCC(NC(=O)O)c2ccc(Cl)cc2)CC1. The molecule has 2 amide bonds. The molecule has 0 radical (unpaired) electrons. The number of nitrogens with one attached hydrogen (secondary N) is 2. The number of rotatable bonds is 9. The standard InChI is InChI=1S/C24H30Cl2N4O4/c1-34-22-13-20(27)19(26)12-18(22)23(31)28-14-15-6-9-30(10-7-15)11-8-21(29-24(32)33)16-2-4-17(25)5-3-16/h2-5,12-13,15,21,29H,6-11,14,27H2,1H3,(H,28,31)(H,32,33). The topological polar surface area (TPSA) is 117 Å². The summed E-state index contributed by atoms with van der Waals surface area (Å²) in [6.45, 7) is 3.11. The molecule has 0 bridgehead atoms. The number of nitrogens with zero attached hydrogens (tertiary/aromatic N) is 1. The van der Waals surface area contributed by atoms with Crippen LogP contribution in [-0.2, 0) is 0 Å². The molecule has 2 aromatic rings. The summed E-state index contributed by atoms with van der Waals surface area (Å²) in [6, 6.07) is 10.0. The van der Waals surface area contributed by atoms with Gasteiger partial charge >= 0.3 is 6.09 Å². The number of ether oxygens (including phenoxy) is 1. The van der Waals surface area contributed by atoms with E-state index in [2.05, 4.69) is 15.5 Å². The van der Waals surface area contributed by atoms with Gasteiger partial charge in [0, 0.05) is 24.2 Å². The van der Waals surface area contributed by atoms with Gasteiger partial charge in [-0.3, -0.25) is 4.79 Å². The van der Waals surface area contributed by atoms with E-state index in [0.29, 0.717) is 45.9 Å². The van der Waals surface area contributed by atoms with Gasteiger partial charge in [0.2, 0.25) is 0 Å². The molecule has 1 atom stereocenters. The summed E-state index contributed by atoms with van der Waals surface area (Å²) < 4.78 is 5.26. The van der Waals surface area contributed by atoms with Crippen LogP contribution >= 0.6 is 23.2 Å². The van der Waals surface area contributed by atoms with Crippen LogP contribution in [0.1, 0.15) is 41.2 Å². The third kappa shape index (κ3) is 7.16. The van der Waals surface area contributed by atoms with Crippen LogP contribution in [0.2, 0.25) is 10.0 Å². The number of halogens is 2. The highest BCUT2D eigenvalue weighted by atomic mass is 35.5. The molecule has 0 spiro atoms. The lowest BCUT2D eigenvalue weighted by Crippen LogP contribution is -2.40. The van der Waals surface area contributed by atoms with E-state index < -0.39 is 6.09 Å². The Labute approximate surface area is 209 Å². The number of piperidine rings is 1. The number of carbonyl (C=O) groups is 2. The van der Waals surface area contributed by atoms with Crippen molar-refractivity contribution in [2.75, 3.05) is 39.0 Å². The number of benzene rings is 2. The fourth-order valence-electron chi connectivity index (χ4n) is 4.14. The molecule has 1 saturated heterocycles. The quantitative estimate of drug-likeness (QED) is 0.372. The number of hydrogen-bond donors (Lipinski definition) is 4. The van der Waals surface area contributed by atoms with Crippen molar-refractivity contribution in [2.45, 2.75) is 25.3 Å². The molecule has 1 aliphatic rings. The highest BCUT2D eigenvalue weighted by Gasteiger charge is 2.23. The second kappa shape index (κ2) is 12.1. The molecule has 1 heterocycles. The summed E-state index contributed by atoms with van der Waals surface area (Å²) in [5.41, 5.74) is 7.40. The molecule has 5 N–H and O–H groups in total. The van der Waals surface area contributed by atoms with Crippen LogP contribution in [0, 0.1) is 5.92 Å². The summed E-state index contributed by atoms with van der Waals surface area (Å²) in [5, 5.41) is 15.7. The molecule has 1 unspecified atom stereocenters. The monoisotopic (exact) mass is 508 g/mol. The lowest BCUT2D eigenvalue weighted by atomic mass is 9.96. The first-order valence-electron chi connectivity index (χ1n) is 11.1. The molecule has 1 fully saturated rings. The summed E-state index contributed by atoms with van der Waals surface area (Å²) in [6.07, 6.45) is 1.50. The van der Waals surface area contributed by atoms with Crippen molar-refractivity contribution in [2.24, 2.45) is 5.92 Å². The number of likely N-dealkylation sites (tertiary alicyclic amines) is 1. The number of amides is 2. The van der Waals surface area contributed by atoms with Gasteiger partial charge in [-0.25, -0.2) is 4.79 Å². The lowest BCUT2D eigenvalue weighted by Gasteiger charge is -2.33. The van der Waals surface area contributed by atoms with Gasteiger partial charge in [-0.15, -0.1) is 0 Å². The minimum Gasteiger partial charge on any atom is -0.496 e. The third-order valence-corrected chi connectivity index (χ3v) is 6.71. The number of carbonyl (C=O) groups excluding carboxylic acids is 1. The van der Waals surface area contributed by atoms with Crippen LogP contribution in [0.5, 0.6) is 5.75 Å². The van der Waals surface area contributed by atoms with E-state index in [1.54, 1.807) is 18.2 Å². The summed E-state index contributed by atoms with van der Waals surface area (Å²) in [7, 11) is 1.48. The highest BCUT2D eigenvalue weighted by molar-refractivity contribution is 6.33. The van der Waals surface area contributed by atoms with Crippen LogP contribution in [0.4, 0.5) is 10.5 Å². The number of hydrogen-bond acceptors (Lipinski definition) is 5. The maximum absolute atomic E-state index is 12.7. The van der Waals surface area contributed by atoms with Gasteiger partial charge in [0.15, 0.2) is 0 Å². The van der Waals surface area contributed by atoms with Gasteiger partial charge in [0.25, 0.3) is 5.91 Å². The van der Waals surface area contributed by atoms with E-state index in [-0.39, 0.29) is 11.9 Å². The lowest BCUT2D eigenvalue weighted by molar-refractivity contribution is 0.0932. The summed E-state index contributed by atoms with van der Waals surface area (Å²) in [5.74, 6) is 0.505. The van der Waals surface area contributed by atoms with Gasteiger partial charge in [0.1, 0.15) is 5.75 Å². The molecule has 0 aliphatic carbocycles. The predicted octanol–water partition coefficient (Wildman–Crippen LogP) is 4.43. The number of anilines is 1. The number of carboxylic acid groups (broad SMARTS) is 1. The highest BCUT2D eigenvalue weighted by Crippen LogP contribution is 2.29. The third-order valence-electron chi connectivity index (χ3n) is 6.13. The van der Waals surface area contributed by atoms with Crippen LogP contribution in [0.25, 0.3) is 0 Å². The van der Waals surface area contributed by atoms with Gasteiger partial charge in [0.05, 0.1) is 29.4 Å². The van der Waals surface area contributed by atoms with E-state index in [1.807, 2.05) is 12.1 Å². The van der Waals surface area contributed by atoms with Crippen LogP contribution in [0.3, 0.4) is 0 Å². The summed E-state index contributed by atoms with van der Waals surface area (Å²) >= 11 is 12.0. The smallest absolute Gasteiger partial charge is 0.405 e. The minimum absolute atomic E-state index is 0.244. The Morgan fingerprint density at radius 2 is 1.88 bits per heavy atom. The van der Waals surface area contributed by atoms with Gasteiger partial charge < -0.3 is 31.1 Å². The molecular weight excluding hydrogens is 479 g/mol. The largest absolute Gasteiger partial charge is 0.496 e.